The van der Waals surface area contributed by atoms with Gasteiger partial charge in [0, 0.05) is 64.9 Å². The van der Waals surface area contributed by atoms with Gasteiger partial charge in [-0.1, -0.05) is 72.8 Å². The van der Waals surface area contributed by atoms with Crippen molar-refractivity contribution in [2.45, 2.75) is 5.41 Å². The lowest BCUT2D eigenvalue weighted by Gasteiger charge is -2.45. The van der Waals surface area contributed by atoms with Crippen LogP contribution in [0.25, 0.3) is 11.4 Å². The third kappa shape index (κ3) is 3.26. The van der Waals surface area contributed by atoms with E-state index in [9.17, 15) is 0 Å². The summed E-state index contributed by atoms with van der Waals surface area (Å²) in [6.45, 7) is 2.61. The van der Waals surface area contributed by atoms with E-state index < -0.39 is 5.41 Å². The van der Waals surface area contributed by atoms with E-state index in [1.165, 1.54) is 0 Å². The molecule has 4 heterocycles. The van der Waals surface area contributed by atoms with Gasteiger partial charge in [0.05, 0.1) is 11.1 Å². The van der Waals surface area contributed by atoms with E-state index in [4.69, 9.17) is 9.47 Å². The molecule has 3 N–H and O–H groups in total. The van der Waals surface area contributed by atoms with E-state index in [1.54, 1.807) is 0 Å². The maximum atomic E-state index is 6.81. The van der Waals surface area contributed by atoms with Gasteiger partial charge in [-0.05, 0) is 30.3 Å². The summed E-state index contributed by atoms with van der Waals surface area (Å²) in [4.78, 5) is 0. The fourth-order valence-corrected chi connectivity index (χ4v) is 6.34. The second-order valence-corrected chi connectivity index (χ2v) is 10.2. The molecule has 4 aliphatic rings. The first-order valence-electron chi connectivity index (χ1n) is 13.4. The number of ether oxygens (including phenoxy) is 2. The highest BCUT2D eigenvalue weighted by molar-refractivity contribution is 5.79. The minimum Gasteiger partial charge on any atom is -0.457 e. The molecule has 4 aromatic carbocycles. The maximum absolute atomic E-state index is 6.81. The molecule has 190 valence electrons. The van der Waals surface area contributed by atoms with Crippen LogP contribution in [0.1, 0.15) is 33.4 Å². The van der Waals surface area contributed by atoms with Gasteiger partial charge in [-0.2, -0.15) is 0 Å². The Labute approximate surface area is 227 Å². The van der Waals surface area contributed by atoms with Crippen molar-refractivity contribution in [3.8, 4) is 23.0 Å². The Kier molecular flexibility index (Phi) is 4.86. The van der Waals surface area contributed by atoms with E-state index in [-0.39, 0.29) is 0 Å². The van der Waals surface area contributed by atoms with Crippen LogP contribution in [0.2, 0.25) is 0 Å². The third-order valence-electron chi connectivity index (χ3n) is 8.06. The van der Waals surface area contributed by atoms with Gasteiger partial charge in [0.1, 0.15) is 23.0 Å². The molecule has 0 unspecified atom stereocenters. The second kappa shape index (κ2) is 8.57. The van der Waals surface area contributed by atoms with Gasteiger partial charge in [0.2, 0.25) is 0 Å². The van der Waals surface area contributed by atoms with Crippen LogP contribution < -0.4 is 25.4 Å². The third-order valence-corrected chi connectivity index (χ3v) is 8.06. The fourth-order valence-electron chi connectivity index (χ4n) is 6.34. The van der Waals surface area contributed by atoms with Gasteiger partial charge in [-0.3, -0.25) is 0 Å². The van der Waals surface area contributed by atoms with Crippen LogP contribution in [0.5, 0.6) is 23.0 Å². The van der Waals surface area contributed by atoms with Crippen molar-refractivity contribution >= 4 is 11.4 Å². The predicted octanol–water partition coefficient (Wildman–Crippen LogP) is 6.27. The molecule has 0 aromatic heterocycles. The van der Waals surface area contributed by atoms with E-state index in [0.717, 1.165) is 87.4 Å². The Morgan fingerprint density at radius 2 is 1.21 bits per heavy atom. The van der Waals surface area contributed by atoms with Crippen LogP contribution in [0.3, 0.4) is 0 Å². The number of hydrogen-bond acceptors (Lipinski definition) is 5. The SMILES string of the molecule is C1=CCNC(c2ccc3c(c2)Oc2cc(C4=CNCCN4)ccc2C32c3ccccc3Oc3ccccc32)=C1. The molecule has 0 saturated carbocycles. The number of nitrogens with one attached hydrogen (secondary N) is 3. The first-order chi connectivity index (χ1) is 19.3. The summed E-state index contributed by atoms with van der Waals surface area (Å²) in [5.41, 5.74) is 8.20. The van der Waals surface area contributed by atoms with E-state index >= 15 is 0 Å². The van der Waals surface area contributed by atoms with Crippen LogP contribution in [0, 0.1) is 0 Å². The number of rotatable bonds is 2. The molecule has 8 rings (SSSR count). The Bertz CT molecular complexity index is 1690. The van der Waals surface area contributed by atoms with Crippen molar-refractivity contribution in [2.24, 2.45) is 0 Å². The average molecular weight is 510 g/mol. The van der Waals surface area contributed by atoms with Gasteiger partial charge in [0.15, 0.2) is 0 Å². The number of allylic oxidation sites excluding steroid dienone is 2. The van der Waals surface area contributed by atoms with Crippen LogP contribution in [-0.4, -0.2) is 19.6 Å². The standard InChI is InChI=1S/C34H27N3O2/c1-3-10-30-24(7-1)34(25-8-2-4-11-31(25)38-30)26-14-12-22(28-9-5-6-16-36-28)19-32(26)39-33-20-23(13-15-27(33)34)29-21-35-17-18-37-29/h1-15,19-21,35-37H,16-18H2. The molecule has 0 atom stereocenters. The van der Waals surface area contributed by atoms with Crippen molar-refractivity contribution in [1.29, 1.82) is 0 Å². The molecule has 0 aliphatic carbocycles. The zero-order valence-corrected chi connectivity index (χ0v) is 21.3. The average Bonchev–Trinajstić information content (AvgIpc) is 3.01. The van der Waals surface area contributed by atoms with Crippen LogP contribution in [0.15, 0.2) is 109 Å². The number of fused-ring (bicyclic) bond motifs is 8. The minimum atomic E-state index is -0.591. The second-order valence-electron chi connectivity index (χ2n) is 10.2. The Morgan fingerprint density at radius 1 is 0.590 bits per heavy atom. The molecule has 5 nitrogen and oxygen atoms in total. The quantitative estimate of drug-likeness (QED) is 0.257. The highest BCUT2D eigenvalue weighted by Crippen LogP contribution is 2.61. The van der Waals surface area contributed by atoms with Gasteiger partial charge in [-0.25, -0.2) is 0 Å². The van der Waals surface area contributed by atoms with E-state index in [2.05, 4.69) is 107 Å². The lowest BCUT2D eigenvalue weighted by molar-refractivity contribution is 0.399. The normalized spacial score (nSPS) is 17.3. The number of benzene rings is 4. The zero-order valence-electron chi connectivity index (χ0n) is 21.3. The molecule has 4 aromatic rings. The van der Waals surface area contributed by atoms with E-state index in [0.29, 0.717) is 0 Å². The summed E-state index contributed by atoms with van der Waals surface area (Å²) in [5, 5.41) is 10.4. The molecule has 0 fully saturated rings. The first kappa shape index (κ1) is 22.1. The molecule has 0 saturated heterocycles. The smallest absolute Gasteiger partial charge is 0.132 e. The van der Waals surface area contributed by atoms with Crippen molar-refractivity contribution < 1.29 is 9.47 Å². The van der Waals surface area contributed by atoms with E-state index in [1.807, 2.05) is 18.3 Å². The summed E-state index contributed by atoms with van der Waals surface area (Å²) in [6.07, 6.45) is 8.37. The monoisotopic (exact) mass is 509 g/mol. The Balaban J connectivity index is 1.43. The zero-order chi connectivity index (χ0) is 25.8. The van der Waals surface area contributed by atoms with Gasteiger partial charge >= 0.3 is 0 Å². The number of para-hydroxylation sites is 2. The highest BCUT2D eigenvalue weighted by Gasteiger charge is 2.50. The highest BCUT2D eigenvalue weighted by atomic mass is 16.5. The largest absolute Gasteiger partial charge is 0.457 e. The van der Waals surface area contributed by atoms with Crippen LogP contribution >= 0.6 is 0 Å². The summed E-state index contributed by atoms with van der Waals surface area (Å²) in [5.74, 6) is 3.43. The predicted molar refractivity (Wildman–Crippen MR) is 154 cm³/mol. The van der Waals surface area contributed by atoms with Gasteiger partial charge < -0.3 is 25.4 Å². The fraction of sp³-hybridized carbons (Fsp3) is 0.118. The van der Waals surface area contributed by atoms with Gasteiger partial charge in [0.25, 0.3) is 0 Å². The van der Waals surface area contributed by atoms with Gasteiger partial charge in [-0.15, -0.1) is 0 Å². The minimum absolute atomic E-state index is 0.591. The molecule has 0 bridgehead atoms. The molecule has 5 heteroatoms. The topological polar surface area (TPSA) is 54.5 Å². The molecule has 4 aliphatic heterocycles. The Morgan fingerprint density at radius 3 is 1.82 bits per heavy atom. The lowest BCUT2D eigenvalue weighted by Crippen LogP contribution is -2.37. The van der Waals surface area contributed by atoms with Crippen LogP contribution in [-0.2, 0) is 5.41 Å². The molecule has 39 heavy (non-hydrogen) atoms. The lowest BCUT2D eigenvalue weighted by atomic mass is 9.62. The summed E-state index contributed by atoms with van der Waals surface area (Å²) >= 11 is 0. The molecular formula is C34H27N3O2. The van der Waals surface area contributed by atoms with Crippen molar-refractivity contribution in [2.75, 3.05) is 19.6 Å². The summed E-state index contributed by atoms with van der Waals surface area (Å²) in [6, 6.07) is 30.0. The van der Waals surface area contributed by atoms with Crippen molar-refractivity contribution in [3.63, 3.8) is 0 Å². The molecule has 1 spiro atoms. The number of dihydropyridines is 1. The Hall–Kier alpha value is -4.90. The number of hydrogen-bond donors (Lipinski definition) is 3. The summed E-state index contributed by atoms with van der Waals surface area (Å²) in [7, 11) is 0. The molecular weight excluding hydrogens is 482 g/mol. The first-order valence-corrected chi connectivity index (χ1v) is 13.4. The maximum Gasteiger partial charge on any atom is 0.132 e. The van der Waals surface area contributed by atoms with Crippen molar-refractivity contribution in [3.05, 3.63) is 143 Å². The molecule has 0 radical (unpaired) electrons. The van der Waals surface area contributed by atoms with Crippen molar-refractivity contribution in [1.82, 2.24) is 16.0 Å². The molecule has 0 amide bonds. The summed E-state index contributed by atoms with van der Waals surface area (Å²) < 4.78 is 13.3. The van der Waals surface area contributed by atoms with Crippen LogP contribution in [0.4, 0.5) is 0 Å².